The van der Waals surface area contributed by atoms with Gasteiger partial charge in [-0.05, 0) is 44.0 Å². The molecule has 2 rings (SSSR count). The lowest BCUT2D eigenvalue weighted by molar-refractivity contribution is -0.142. The fraction of sp³-hybridized carbons (Fsp3) is 0.438. The fourth-order valence-electron chi connectivity index (χ4n) is 2.38. The van der Waals surface area contributed by atoms with Gasteiger partial charge in [-0.25, -0.2) is 5.01 Å². The van der Waals surface area contributed by atoms with E-state index in [-0.39, 0.29) is 5.78 Å². The van der Waals surface area contributed by atoms with Crippen molar-refractivity contribution < 1.29 is 14.4 Å². The zero-order chi connectivity index (χ0) is 16.1. The first-order chi connectivity index (χ1) is 10.5. The molecule has 5 nitrogen and oxygen atoms in total. The third-order valence-electron chi connectivity index (χ3n) is 3.75. The van der Waals surface area contributed by atoms with E-state index in [0.717, 1.165) is 32.4 Å². The number of piperidine rings is 1. The van der Waals surface area contributed by atoms with Gasteiger partial charge in [0.2, 0.25) is 5.78 Å². The number of carbonyl (C=O) groups excluding carboxylic acids is 3. The SMILES string of the molecule is CC(C(=O)C(=O)NN1CCCCC1)C(=O)c1ccc(Cl)cc1. The molecule has 1 fully saturated rings. The summed E-state index contributed by atoms with van der Waals surface area (Å²) in [7, 11) is 0. The summed E-state index contributed by atoms with van der Waals surface area (Å²) in [5, 5.41) is 2.25. The van der Waals surface area contributed by atoms with Gasteiger partial charge in [-0.3, -0.25) is 19.8 Å². The topological polar surface area (TPSA) is 66.5 Å². The Labute approximate surface area is 134 Å². The highest BCUT2D eigenvalue weighted by Crippen LogP contribution is 2.14. The van der Waals surface area contributed by atoms with Crippen LogP contribution in [-0.4, -0.2) is 35.6 Å². The average molecular weight is 323 g/mol. The van der Waals surface area contributed by atoms with Crippen LogP contribution in [-0.2, 0) is 9.59 Å². The van der Waals surface area contributed by atoms with Crippen molar-refractivity contribution in [1.29, 1.82) is 0 Å². The molecule has 1 aliphatic rings. The zero-order valence-electron chi connectivity index (χ0n) is 12.5. The number of nitrogens with zero attached hydrogens (tertiary/aromatic N) is 1. The van der Waals surface area contributed by atoms with Crippen LogP contribution >= 0.6 is 11.6 Å². The van der Waals surface area contributed by atoms with Gasteiger partial charge in [-0.2, -0.15) is 0 Å². The number of Topliss-reactive ketones (excluding diaryl/α,β-unsaturated/α-hetero) is 2. The maximum atomic E-state index is 12.2. The maximum absolute atomic E-state index is 12.2. The van der Waals surface area contributed by atoms with Crippen molar-refractivity contribution in [3.8, 4) is 0 Å². The second-order valence-electron chi connectivity index (χ2n) is 5.45. The van der Waals surface area contributed by atoms with Crippen LogP contribution in [0.15, 0.2) is 24.3 Å². The molecule has 1 unspecified atom stereocenters. The highest BCUT2D eigenvalue weighted by atomic mass is 35.5. The van der Waals surface area contributed by atoms with E-state index in [1.54, 1.807) is 29.3 Å². The Kier molecular flexibility index (Phi) is 5.69. The molecule has 6 heteroatoms. The lowest BCUT2D eigenvalue weighted by Gasteiger charge is -2.26. The van der Waals surface area contributed by atoms with E-state index in [0.29, 0.717) is 10.6 Å². The summed E-state index contributed by atoms with van der Waals surface area (Å²) in [5.41, 5.74) is 2.96. The van der Waals surface area contributed by atoms with Crippen LogP contribution < -0.4 is 5.43 Å². The summed E-state index contributed by atoms with van der Waals surface area (Å²) >= 11 is 5.77. The molecule has 0 aliphatic carbocycles. The summed E-state index contributed by atoms with van der Waals surface area (Å²) in [4.78, 5) is 36.3. The van der Waals surface area contributed by atoms with Crippen molar-refractivity contribution in [1.82, 2.24) is 10.4 Å². The molecule has 0 bridgehead atoms. The third kappa shape index (κ3) is 4.15. The highest BCUT2D eigenvalue weighted by molar-refractivity contribution is 6.41. The van der Waals surface area contributed by atoms with E-state index in [1.807, 2.05) is 0 Å². The molecular formula is C16H19ClN2O3. The van der Waals surface area contributed by atoms with Crippen LogP contribution in [0.25, 0.3) is 0 Å². The quantitative estimate of drug-likeness (QED) is 0.513. The summed E-state index contributed by atoms with van der Waals surface area (Å²) in [5.74, 6) is -2.83. The molecule has 0 aromatic heterocycles. The Balaban J connectivity index is 1.96. The van der Waals surface area contributed by atoms with E-state index in [9.17, 15) is 14.4 Å². The molecule has 1 amide bonds. The fourth-order valence-corrected chi connectivity index (χ4v) is 2.51. The molecule has 1 N–H and O–H groups in total. The van der Waals surface area contributed by atoms with Crippen LogP contribution in [0.4, 0.5) is 0 Å². The number of benzene rings is 1. The van der Waals surface area contributed by atoms with Gasteiger partial charge in [-0.1, -0.05) is 18.0 Å². The van der Waals surface area contributed by atoms with Gasteiger partial charge >= 0.3 is 5.91 Å². The van der Waals surface area contributed by atoms with Crippen LogP contribution in [0.3, 0.4) is 0 Å². The van der Waals surface area contributed by atoms with Gasteiger partial charge in [0.15, 0.2) is 5.78 Å². The predicted molar refractivity (Wildman–Crippen MR) is 83.5 cm³/mol. The van der Waals surface area contributed by atoms with Crippen LogP contribution in [0, 0.1) is 5.92 Å². The van der Waals surface area contributed by atoms with Gasteiger partial charge < -0.3 is 0 Å². The molecule has 0 spiro atoms. The smallest absolute Gasteiger partial charge is 0.293 e. The summed E-state index contributed by atoms with van der Waals surface area (Å²) in [6, 6.07) is 6.27. The van der Waals surface area contributed by atoms with Crippen molar-refractivity contribution in [2.24, 2.45) is 5.92 Å². The lowest BCUT2D eigenvalue weighted by Crippen LogP contribution is -2.49. The Morgan fingerprint density at radius 2 is 1.68 bits per heavy atom. The lowest BCUT2D eigenvalue weighted by atomic mass is 9.95. The third-order valence-corrected chi connectivity index (χ3v) is 4.01. The van der Waals surface area contributed by atoms with Crippen LogP contribution in [0.2, 0.25) is 5.02 Å². The number of halogens is 1. The minimum absolute atomic E-state index is 0.371. The van der Waals surface area contributed by atoms with E-state index in [2.05, 4.69) is 5.43 Å². The molecular weight excluding hydrogens is 304 g/mol. The average Bonchev–Trinajstić information content (AvgIpc) is 2.54. The molecule has 1 atom stereocenters. The number of ketones is 2. The summed E-state index contributed by atoms with van der Waals surface area (Å²) < 4.78 is 0. The summed E-state index contributed by atoms with van der Waals surface area (Å²) in [6.07, 6.45) is 3.12. The summed E-state index contributed by atoms with van der Waals surface area (Å²) in [6.45, 7) is 2.92. The second kappa shape index (κ2) is 7.51. The number of hydrogen-bond acceptors (Lipinski definition) is 4. The first-order valence-corrected chi connectivity index (χ1v) is 7.76. The van der Waals surface area contributed by atoms with Crippen molar-refractivity contribution in [2.45, 2.75) is 26.2 Å². The first-order valence-electron chi connectivity index (χ1n) is 7.38. The van der Waals surface area contributed by atoms with E-state index < -0.39 is 17.6 Å². The Hall–Kier alpha value is -1.72. The number of rotatable bonds is 5. The van der Waals surface area contributed by atoms with Gasteiger partial charge in [0.1, 0.15) is 0 Å². The Morgan fingerprint density at radius 3 is 2.27 bits per heavy atom. The maximum Gasteiger partial charge on any atom is 0.302 e. The van der Waals surface area contributed by atoms with E-state index in [4.69, 9.17) is 11.6 Å². The molecule has 0 radical (unpaired) electrons. The van der Waals surface area contributed by atoms with Gasteiger partial charge in [0, 0.05) is 23.7 Å². The number of carbonyl (C=O) groups is 3. The minimum Gasteiger partial charge on any atom is -0.293 e. The Bertz CT molecular complexity index is 565. The second-order valence-corrected chi connectivity index (χ2v) is 5.88. The number of hydrogen-bond donors (Lipinski definition) is 1. The standard InChI is InChI=1S/C16H19ClN2O3/c1-11(14(20)12-5-7-13(17)8-6-12)15(21)16(22)18-19-9-3-2-4-10-19/h5-8,11H,2-4,9-10H2,1H3,(H,18,22). The van der Waals surface area contributed by atoms with Crippen LogP contribution in [0.1, 0.15) is 36.5 Å². The molecule has 0 saturated carbocycles. The zero-order valence-corrected chi connectivity index (χ0v) is 13.2. The Morgan fingerprint density at radius 1 is 1.09 bits per heavy atom. The van der Waals surface area contributed by atoms with E-state index in [1.165, 1.54) is 6.92 Å². The van der Waals surface area contributed by atoms with Crippen LogP contribution in [0.5, 0.6) is 0 Å². The minimum atomic E-state index is -1.01. The molecule has 1 heterocycles. The van der Waals surface area contributed by atoms with Crippen molar-refractivity contribution in [3.63, 3.8) is 0 Å². The molecule has 1 aromatic carbocycles. The van der Waals surface area contributed by atoms with E-state index >= 15 is 0 Å². The monoisotopic (exact) mass is 322 g/mol. The largest absolute Gasteiger partial charge is 0.302 e. The molecule has 1 saturated heterocycles. The molecule has 1 aliphatic heterocycles. The van der Waals surface area contributed by atoms with Gasteiger partial charge in [0.05, 0.1) is 5.92 Å². The number of nitrogens with one attached hydrogen (secondary N) is 1. The molecule has 118 valence electrons. The molecule has 1 aromatic rings. The van der Waals surface area contributed by atoms with Crippen molar-refractivity contribution >= 4 is 29.1 Å². The highest BCUT2D eigenvalue weighted by Gasteiger charge is 2.29. The van der Waals surface area contributed by atoms with Crippen molar-refractivity contribution in [2.75, 3.05) is 13.1 Å². The van der Waals surface area contributed by atoms with Gasteiger partial charge in [0.25, 0.3) is 0 Å². The normalized spacial score (nSPS) is 16.8. The first kappa shape index (κ1) is 16.6. The predicted octanol–water partition coefficient (Wildman–Crippen LogP) is 2.25. The van der Waals surface area contributed by atoms with Crippen molar-refractivity contribution in [3.05, 3.63) is 34.9 Å². The number of hydrazine groups is 1. The molecule has 22 heavy (non-hydrogen) atoms. The van der Waals surface area contributed by atoms with Gasteiger partial charge in [-0.15, -0.1) is 0 Å². The number of amides is 1.